The van der Waals surface area contributed by atoms with Crippen molar-refractivity contribution in [2.24, 2.45) is 0 Å². The average Bonchev–Trinajstić information content (AvgIpc) is 2.79. The summed E-state index contributed by atoms with van der Waals surface area (Å²) in [6, 6.07) is 5.94. The molecule has 5 nitrogen and oxygen atoms in total. The maximum absolute atomic E-state index is 13.4. The summed E-state index contributed by atoms with van der Waals surface area (Å²) in [6.45, 7) is 4.25. The highest BCUT2D eigenvalue weighted by Gasteiger charge is 2.44. The van der Waals surface area contributed by atoms with Crippen LogP contribution in [0.2, 0.25) is 0 Å². The maximum Gasteiger partial charge on any atom is 0.278 e. The van der Waals surface area contributed by atoms with Gasteiger partial charge < -0.3 is 10.0 Å². The minimum Gasteiger partial charge on any atom is -0.395 e. The van der Waals surface area contributed by atoms with Crippen LogP contribution < -0.4 is 0 Å². The van der Waals surface area contributed by atoms with E-state index in [1.165, 1.54) is 17.7 Å². The molecule has 0 radical (unpaired) electrons. The van der Waals surface area contributed by atoms with Gasteiger partial charge in [-0.25, -0.2) is 0 Å². The number of carbonyl (C=O) groups excluding carboxylic acids is 2. The Labute approximate surface area is 161 Å². The average molecular weight is 370 g/mol. The Morgan fingerprint density at radius 2 is 1.74 bits per heavy atom. The van der Waals surface area contributed by atoms with Crippen molar-refractivity contribution in [1.29, 1.82) is 0 Å². The molecule has 0 aromatic heterocycles. The van der Waals surface area contributed by atoms with Crippen molar-refractivity contribution in [2.45, 2.75) is 58.4 Å². The molecule has 1 fully saturated rings. The fourth-order valence-electron chi connectivity index (χ4n) is 4.34. The Morgan fingerprint density at radius 1 is 1.07 bits per heavy atom. The van der Waals surface area contributed by atoms with Crippen LogP contribution in [0.15, 0.2) is 23.9 Å². The number of hydrogen-bond acceptors (Lipinski definition) is 4. The first kappa shape index (κ1) is 19.6. The molecule has 1 N–H and O–H groups in total. The monoisotopic (exact) mass is 370 g/mol. The summed E-state index contributed by atoms with van der Waals surface area (Å²) in [5.74, 6) is -0.392. The summed E-state index contributed by atoms with van der Waals surface area (Å²) >= 11 is 0. The van der Waals surface area contributed by atoms with Crippen molar-refractivity contribution in [3.8, 4) is 0 Å². The standard InChI is InChI=1S/C22H30N2O3/c1-15-10-11-18(16(2)14-15)19-20(23(3)12-13-25)22(27)24(21(19)26)17-8-6-4-5-7-9-17/h10-11,14,17,25H,4-9,12-13H2,1-3H3. The van der Waals surface area contributed by atoms with E-state index < -0.39 is 0 Å². The number of hydrogen-bond donors (Lipinski definition) is 1. The molecule has 1 heterocycles. The molecule has 3 rings (SSSR count). The van der Waals surface area contributed by atoms with Crippen LogP contribution in [-0.2, 0) is 9.59 Å². The predicted octanol–water partition coefficient (Wildman–Crippen LogP) is 3.03. The fraction of sp³-hybridized carbons (Fsp3) is 0.545. The van der Waals surface area contributed by atoms with Crippen LogP contribution in [0.1, 0.15) is 55.2 Å². The Balaban J connectivity index is 2.06. The van der Waals surface area contributed by atoms with Gasteiger partial charge in [0.05, 0.1) is 12.2 Å². The minimum atomic E-state index is -0.210. The Bertz CT molecular complexity index is 761. The van der Waals surface area contributed by atoms with Gasteiger partial charge in [-0.3, -0.25) is 14.5 Å². The van der Waals surface area contributed by atoms with Crippen LogP contribution in [-0.4, -0.2) is 53.0 Å². The Kier molecular flexibility index (Phi) is 6.00. The second-order valence-corrected chi connectivity index (χ2v) is 7.81. The molecule has 1 aliphatic carbocycles. The zero-order valence-electron chi connectivity index (χ0n) is 16.6. The molecule has 5 heteroatoms. The number of amides is 2. The van der Waals surface area contributed by atoms with E-state index in [0.717, 1.165) is 42.4 Å². The van der Waals surface area contributed by atoms with Crippen LogP contribution in [0.5, 0.6) is 0 Å². The molecular weight excluding hydrogens is 340 g/mol. The SMILES string of the molecule is Cc1ccc(C2=C(N(C)CCO)C(=O)N(C3CCCCCC3)C2=O)c(C)c1. The lowest BCUT2D eigenvalue weighted by atomic mass is 9.97. The van der Waals surface area contributed by atoms with Crippen molar-refractivity contribution in [3.05, 3.63) is 40.6 Å². The van der Waals surface area contributed by atoms with Gasteiger partial charge >= 0.3 is 0 Å². The van der Waals surface area contributed by atoms with Gasteiger partial charge in [0, 0.05) is 19.6 Å². The van der Waals surface area contributed by atoms with Crippen LogP contribution >= 0.6 is 0 Å². The zero-order chi connectivity index (χ0) is 19.6. The van der Waals surface area contributed by atoms with Gasteiger partial charge in [0.15, 0.2) is 0 Å². The quantitative estimate of drug-likeness (QED) is 0.639. The van der Waals surface area contributed by atoms with Crippen LogP contribution in [0, 0.1) is 13.8 Å². The van der Waals surface area contributed by atoms with E-state index >= 15 is 0 Å². The lowest BCUT2D eigenvalue weighted by Crippen LogP contribution is -2.42. The van der Waals surface area contributed by atoms with E-state index in [0.29, 0.717) is 17.8 Å². The first-order valence-corrected chi connectivity index (χ1v) is 9.97. The molecule has 2 aliphatic rings. The first-order chi connectivity index (χ1) is 13.0. The lowest BCUT2D eigenvalue weighted by molar-refractivity contribution is -0.140. The topological polar surface area (TPSA) is 60.9 Å². The van der Waals surface area contributed by atoms with Crippen molar-refractivity contribution in [2.75, 3.05) is 20.2 Å². The van der Waals surface area contributed by atoms with Crippen LogP contribution in [0.4, 0.5) is 0 Å². The third-order valence-corrected chi connectivity index (χ3v) is 5.75. The highest BCUT2D eigenvalue weighted by molar-refractivity contribution is 6.35. The Morgan fingerprint density at radius 3 is 2.33 bits per heavy atom. The highest BCUT2D eigenvalue weighted by atomic mass is 16.3. The number of likely N-dealkylation sites (N-methyl/N-ethyl adjacent to an activating group) is 1. The molecular formula is C22H30N2O3. The van der Waals surface area contributed by atoms with Gasteiger partial charge in [0.25, 0.3) is 11.8 Å². The number of carbonyl (C=O) groups is 2. The van der Waals surface area contributed by atoms with Crippen LogP contribution in [0.3, 0.4) is 0 Å². The molecule has 1 aliphatic heterocycles. The minimum absolute atomic E-state index is 0.0201. The molecule has 27 heavy (non-hydrogen) atoms. The predicted molar refractivity (Wildman–Crippen MR) is 106 cm³/mol. The molecule has 146 valence electrons. The molecule has 0 unspecified atom stereocenters. The van der Waals surface area contributed by atoms with Gasteiger partial charge in [-0.05, 0) is 37.8 Å². The van der Waals surface area contributed by atoms with Gasteiger partial charge in [-0.1, -0.05) is 49.4 Å². The molecule has 1 saturated carbocycles. The molecule has 0 atom stereocenters. The summed E-state index contributed by atoms with van der Waals surface area (Å²) in [5.41, 5.74) is 3.83. The van der Waals surface area contributed by atoms with Crippen LogP contribution in [0.25, 0.3) is 5.57 Å². The van der Waals surface area contributed by atoms with E-state index in [1.54, 1.807) is 11.9 Å². The summed E-state index contributed by atoms with van der Waals surface area (Å²) in [7, 11) is 1.77. The third-order valence-electron chi connectivity index (χ3n) is 5.75. The van der Waals surface area contributed by atoms with E-state index in [4.69, 9.17) is 0 Å². The molecule has 1 aromatic rings. The van der Waals surface area contributed by atoms with Gasteiger partial charge in [-0.2, -0.15) is 0 Å². The molecule has 0 spiro atoms. The normalized spacial score (nSPS) is 19.0. The first-order valence-electron chi connectivity index (χ1n) is 9.97. The van der Waals surface area contributed by atoms with Crippen molar-refractivity contribution < 1.29 is 14.7 Å². The maximum atomic E-state index is 13.4. The summed E-state index contributed by atoms with van der Waals surface area (Å²) < 4.78 is 0. The molecule has 0 bridgehead atoms. The number of nitrogens with zero attached hydrogens (tertiary/aromatic N) is 2. The number of imide groups is 1. The summed E-state index contributed by atoms with van der Waals surface area (Å²) in [6.07, 6.45) is 6.22. The summed E-state index contributed by atoms with van der Waals surface area (Å²) in [5, 5.41) is 9.37. The molecule has 1 aromatic carbocycles. The highest BCUT2D eigenvalue weighted by Crippen LogP contribution is 2.36. The number of aliphatic hydroxyl groups excluding tert-OH is 1. The van der Waals surface area contributed by atoms with E-state index in [1.807, 2.05) is 32.0 Å². The Hall–Kier alpha value is -2.14. The number of aryl methyl sites for hydroxylation is 2. The summed E-state index contributed by atoms with van der Waals surface area (Å²) in [4.78, 5) is 30.0. The number of benzene rings is 1. The number of aliphatic hydroxyl groups is 1. The van der Waals surface area contributed by atoms with E-state index in [2.05, 4.69) is 0 Å². The lowest BCUT2D eigenvalue weighted by Gasteiger charge is -2.26. The van der Waals surface area contributed by atoms with Gasteiger partial charge in [0.1, 0.15) is 5.70 Å². The second kappa shape index (κ2) is 8.26. The van der Waals surface area contributed by atoms with Gasteiger partial charge in [0.2, 0.25) is 0 Å². The molecule has 0 saturated heterocycles. The molecule has 2 amide bonds. The van der Waals surface area contributed by atoms with Gasteiger partial charge in [-0.15, -0.1) is 0 Å². The smallest absolute Gasteiger partial charge is 0.278 e. The van der Waals surface area contributed by atoms with E-state index in [-0.39, 0.29) is 24.5 Å². The number of rotatable bonds is 5. The second-order valence-electron chi connectivity index (χ2n) is 7.81. The zero-order valence-corrected chi connectivity index (χ0v) is 16.6. The van der Waals surface area contributed by atoms with Crippen molar-refractivity contribution in [3.63, 3.8) is 0 Å². The third kappa shape index (κ3) is 3.79. The largest absolute Gasteiger partial charge is 0.395 e. The van der Waals surface area contributed by atoms with Crippen molar-refractivity contribution in [1.82, 2.24) is 9.80 Å². The van der Waals surface area contributed by atoms with Crippen molar-refractivity contribution >= 4 is 17.4 Å². The fourth-order valence-corrected chi connectivity index (χ4v) is 4.34. The van der Waals surface area contributed by atoms with E-state index in [9.17, 15) is 14.7 Å².